The average molecular weight is 144 g/mol. The molecule has 1 aliphatic rings. The van der Waals surface area contributed by atoms with E-state index in [0.29, 0.717) is 6.10 Å². The summed E-state index contributed by atoms with van der Waals surface area (Å²) in [6.07, 6.45) is 2.79. The third-order valence-corrected chi connectivity index (χ3v) is 2.09. The van der Waals surface area contributed by atoms with Crippen molar-refractivity contribution in [2.75, 3.05) is 27.2 Å². The van der Waals surface area contributed by atoms with E-state index >= 15 is 0 Å². The molecule has 0 radical (unpaired) electrons. The molecular weight excluding hydrogens is 128 g/mol. The molecule has 1 heterocycles. The highest BCUT2D eigenvalue weighted by atomic mass is 16.5. The van der Waals surface area contributed by atoms with E-state index in [1.807, 2.05) is 7.05 Å². The van der Waals surface area contributed by atoms with Gasteiger partial charge in [-0.15, -0.1) is 0 Å². The van der Waals surface area contributed by atoms with E-state index in [4.69, 9.17) is 4.74 Å². The van der Waals surface area contributed by atoms with Crippen LogP contribution in [0.2, 0.25) is 0 Å². The summed E-state index contributed by atoms with van der Waals surface area (Å²) in [5, 5.41) is 2.22. The summed E-state index contributed by atoms with van der Waals surface area (Å²) in [7, 11) is 3.76. The Morgan fingerprint density at radius 3 is 2.40 bits per heavy atom. The maximum Gasteiger partial charge on any atom is 0.0596 e. The van der Waals surface area contributed by atoms with E-state index in [9.17, 15) is 0 Å². The van der Waals surface area contributed by atoms with E-state index in [2.05, 4.69) is 10.4 Å². The van der Waals surface area contributed by atoms with Crippen molar-refractivity contribution in [2.45, 2.75) is 18.9 Å². The second kappa shape index (κ2) is 3.91. The number of ether oxygens (including phenoxy) is 1. The van der Waals surface area contributed by atoms with Gasteiger partial charge in [-0.3, -0.25) is 5.43 Å². The Kier molecular flexibility index (Phi) is 3.12. The van der Waals surface area contributed by atoms with Crippen LogP contribution in [-0.4, -0.2) is 38.4 Å². The quantitative estimate of drug-likeness (QED) is 0.600. The van der Waals surface area contributed by atoms with Crippen molar-refractivity contribution in [3.05, 3.63) is 0 Å². The lowest BCUT2D eigenvalue weighted by atomic mass is 10.1. The van der Waals surface area contributed by atoms with Gasteiger partial charge in [0, 0.05) is 20.2 Å². The molecule has 1 rings (SSSR count). The number of hydrazine groups is 1. The first-order valence-electron chi connectivity index (χ1n) is 3.82. The largest absolute Gasteiger partial charge is 0.381 e. The first-order valence-corrected chi connectivity index (χ1v) is 3.82. The molecule has 1 fully saturated rings. The first-order chi connectivity index (χ1) is 4.86. The fourth-order valence-electron chi connectivity index (χ4n) is 1.32. The first kappa shape index (κ1) is 7.98. The minimum Gasteiger partial charge on any atom is -0.381 e. The number of piperidine rings is 1. The summed E-state index contributed by atoms with van der Waals surface area (Å²) in [5.41, 5.74) is 3.13. The van der Waals surface area contributed by atoms with Crippen LogP contribution in [0.15, 0.2) is 0 Å². The standard InChI is InChI=1S/C7H16N2O/c1-8-9-5-3-7(10-2)4-6-9/h7-8H,3-6H2,1-2H3. The van der Waals surface area contributed by atoms with Gasteiger partial charge in [-0.25, -0.2) is 5.01 Å². The Morgan fingerprint density at radius 1 is 1.40 bits per heavy atom. The van der Waals surface area contributed by atoms with Gasteiger partial charge in [0.2, 0.25) is 0 Å². The Balaban J connectivity index is 2.17. The molecule has 3 nitrogen and oxygen atoms in total. The molecule has 60 valence electrons. The molecule has 0 unspecified atom stereocenters. The van der Waals surface area contributed by atoms with Crippen molar-refractivity contribution in [1.82, 2.24) is 10.4 Å². The van der Waals surface area contributed by atoms with Crippen molar-refractivity contribution in [2.24, 2.45) is 0 Å². The number of rotatable bonds is 2. The maximum atomic E-state index is 5.23. The fraction of sp³-hybridized carbons (Fsp3) is 1.00. The molecule has 1 N–H and O–H groups in total. The zero-order valence-corrected chi connectivity index (χ0v) is 6.76. The molecule has 0 bridgehead atoms. The molecule has 0 aromatic rings. The van der Waals surface area contributed by atoms with Gasteiger partial charge in [-0.1, -0.05) is 0 Å². The Bertz CT molecular complexity index is 77.6. The fourth-order valence-corrected chi connectivity index (χ4v) is 1.32. The van der Waals surface area contributed by atoms with Crippen LogP contribution in [0.25, 0.3) is 0 Å². The molecule has 0 aliphatic carbocycles. The highest BCUT2D eigenvalue weighted by Crippen LogP contribution is 2.09. The van der Waals surface area contributed by atoms with Gasteiger partial charge in [0.1, 0.15) is 0 Å². The minimum absolute atomic E-state index is 0.490. The molecule has 0 atom stereocenters. The summed E-state index contributed by atoms with van der Waals surface area (Å²) < 4.78 is 5.23. The molecule has 3 heteroatoms. The maximum absolute atomic E-state index is 5.23. The SMILES string of the molecule is CNN1CCC(OC)CC1. The number of methoxy groups -OCH3 is 1. The smallest absolute Gasteiger partial charge is 0.0596 e. The van der Waals surface area contributed by atoms with Gasteiger partial charge in [0.05, 0.1) is 6.10 Å². The van der Waals surface area contributed by atoms with Gasteiger partial charge in [-0.2, -0.15) is 0 Å². The minimum atomic E-state index is 0.490. The molecule has 0 spiro atoms. The van der Waals surface area contributed by atoms with Crippen LogP contribution in [0.1, 0.15) is 12.8 Å². The van der Waals surface area contributed by atoms with Crippen LogP contribution in [-0.2, 0) is 4.74 Å². The van der Waals surface area contributed by atoms with E-state index in [-0.39, 0.29) is 0 Å². The number of hydrogen-bond acceptors (Lipinski definition) is 3. The summed E-state index contributed by atoms with van der Waals surface area (Å²) in [5.74, 6) is 0. The third kappa shape index (κ3) is 1.94. The molecule has 0 saturated carbocycles. The monoisotopic (exact) mass is 144 g/mol. The van der Waals surface area contributed by atoms with Crippen molar-refractivity contribution in [1.29, 1.82) is 0 Å². The normalized spacial score (nSPS) is 23.4. The van der Waals surface area contributed by atoms with Crippen LogP contribution in [0, 0.1) is 0 Å². The average Bonchev–Trinajstić information content (AvgIpc) is 2.05. The lowest BCUT2D eigenvalue weighted by Gasteiger charge is -2.30. The zero-order chi connectivity index (χ0) is 7.40. The Labute approximate surface area is 62.3 Å². The number of hydrogen-bond donors (Lipinski definition) is 1. The number of nitrogens with one attached hydrogen (secondary N) is 1. The van der Waals surface area contributed by atoms with Gasteiger partial charge in [0.25, 0.3) is 0 Å². The second-order valence-corrected chi connectivity index (χ2v) is 2.65. The lowest BCUT2D eigenvalue weighted by Crippen LogP contribution is -2.43. The van der Waals surface area contributed by atoms with Crippen LogP contribution in [0.3, 0.4) is 0 Å². The third-order valence-electron chi connectivity index (χ3n) is 2.09. The topological polar surface area (TPSA) is 24.5 Å². The second-order valence-electron chi connectivity index (χ2n) is 2.65. The molecule has 1 saturated heterocycles. The predicted octanol–water partition coefficient (Wildman–Crippen LogP) is 0.232. The Morgan fingerprint density at radius 2 is 2.00 bits per heavy atom. The summed E-state index contributed by atoms with van der Waals surface area (Å²) in [4.78, 5) is 0. The highest BCUT2D eigenvalue weighted by molar-refractivity contribution is 4.68. The van der Waals surface area contributed by atoms with E-state index in [0.717, 1.165) is 25.9 Å². The lowest BCUT2D eigenvalue weighted by molar-refractivity contribution is 0.0276. The van der Waals surface area contributed by atoms with Crippen LogP contribution >= 0.6 is 0 Å². The summed E-state index contributed by atoms with van der Waals surface area (Å²) in [6, 6.07) is 0. The zero-order valence-electron chi connectivity index (χ0n) is 6.76. The molecule has 0 aromatic carbocycles. The van der Waals surface area contributed by atoms with Gasteiger partial charge in [0.15, 0.2) is 0 Å². The van der Waals surface area contributed by atoms with Gasteiger partial charge < -0.3 is 4.74 Å². The van der Waals surface area contributed by atoms with Crippen LogP contribution < -0.4 is 5.43 Å². The van der Waals surface area contributed by atoms with Crippen molar-refractivity contribution < 1.29 is 4.74 Å². The van der Waals surface area contributed by atoms with E-state index in [1.165, 1.54) is 0 Å². The van der Waals surface area contributed by atoms with Crippen molar-refractivity contribution in [3.8, 4) is 0 Å². The van der Waals surface area contributed by atoms with Gasteiger partial charge >= 0.3 is 0 Å². The molecule has 10 heavy (non-hydrogen) atoms. The van der Waals surface area contributed by atoms with Gasteiger partial charge in [-0.05, 0) is 19.9 Å². The molecule has 0 amide bonds. The van der Waals surface area contributed by atoms with Crippen molar-refractivity contribution >= 4 is 0 Å². The predicted molar refractivity (Wildman–Crippen MR) is 40.7 cm³/mol. The summed E-state index contributed by atoms with van der Waals surface area (Å²) >= 11 is 0. The molecule has 0 aromatic heterocycles. The van der Waals surface area contributed by atoms with E-state index < -0.39 is 0 Å². The Hall–Kier alpha value is -0.120. The van der Waals surface area contributed by atoms with E-state index in [1.54, 1.807) is 7.11 Å². The van der Waals surface area contributed by atoms with Crippen molar-refractivity contribution in [3.63, 3.8) is 0 Å². The summed E-state index contributed by atoms with van der Waals surface area (Å²) in [6.45, 7) is 2.21. The van der Waals surface area contributed by atoms with Crippen LogP contribution in [0.5, 0.6) is 0 Å². The van der Waals surface area contributed by atoms with Crippen LogP contribution in [0.4, 0.5) is 0 Å². The molecular formula is C7H16N2O. The highest BCUT2D eigenvalue weighted by Gasteiger charge is 2.16. The molecule has 1 aliphatic heterocycles. The number of nitrogens with zero attached hydrogens (tertiary/aromatic N) is 1.